The number of benzene rings is 1. The van der Waals surface area contributed by atoms with Crippen LogP contribution in [0.1, 0.15) is 26.5 Å². The van der Waals surface area contributed by atoms with Gasteiger partial charge >= 0.3 is 5.97 Å². The lowest BCUT2D eigenvalue weighted by Gasteiger charge is -2.18. The molecule has 0 radical (unpaired) electrons. The van der Waals surface area contributed by atoms with Crippen LogP contribution in [0.2, 0.25) is 0 Å². The van der Waals surface area contributed by atoms with E-state index in [4.69, 9.17) is 5.11 Å². The Morgan fingerprint density at radius 2 is 1.95 bits per heavy atom. The zero-order valence-corrected chi connectivity index (χ0v) is 11.3. The Labute approximate surface area is 116 Å². The van der Waals surface area contributed by atoms with Crippen LogP contribution in [-0.4, -0.2) is 38.5 Å². The van der Waals surface area contributed by atoms with Crippen molar-refractivity contribution in [2.45, 2.75) is 6.54 Å². The van der Waals surface area contributed by atoms with Crippen LogP contribution in [0.25, 0.3) is 0 Å². The van der Waals surface area contributed by atoms with E-state index in [2.05, 4.69) is 4.98 Å². The molecule has 0 saturated carbocycles. The van der Waals surface area contributed by atoms with Gasteiger partial charge in [-0.25, -0.2) is 9.78 Å². The number of aromatic carboxylic acids is 1. The van der Waals surface area contributed by atoms with Crippen LogP contribution < -0.4 is 0 Å². The molecule has 0 atom stereocenters. The van der Waals surface area contributed by atoms with Gasteiger partial charge in [-0.1, -0.05) is 12.1 Å². The molecule has 1 amide bonds. The first kappa shape index (κ1) is 13.8. The third-order valence-corrected chi connectivity index (χ3v) is 3.03. The first-order valence-electron chi connectivity index (χ1n) is 6.04. The Hall–Kier alpha value is -2.63. The SMILES string of the molecule is CN(Cc1nccn1C)C(=O)c1ccccc1C(=O)O. The fourth-order valence-corrected chi connectivity index (χ4v) is 1.89. The normalized spacial score (nSPS) is 10.3. The number of rotatable bonds is 4. The fraction of sp³-hybridized carbons (Fsp3) is 0.214. The predicted octanol–water partition coefficient (Wildman–Crippen LogP) is 1.39. The summed E-state index contributed by atoms with van der Waals surface area (Å²) in [5.41, 5.74) is 0.181. The van der Waals surface area contributed by atoms with E-state index in [0.29, 0.717) is 6.54 Å². The quantitative estimate of drug-likeness (QED) is 0.913. The van der Waals surface area contributed by atoms with Crippen molar-refractivity contribution in [2.75, 3.05) is 7.05 Å². The predicted molar refractivity (Wildman–Crippen MR) is 72.4 cm³/mol. The van der Waals surface area contributed by atoms with Crippen molar-refractivity contribution in [1.29, 1.82) is 0 Å². The van der Waals surface area contributed by atoms with E-state index in [-0.39, 0.29) is 17.0 Å². The number of imidazole rings is 1. The summed E-state index contributed by atoms with van der Waals surface area (Å²) in [7, 11) is 3.46. The van der Waals surface area contributed by atoms with Crippen LogP contribution in [0.4, 0.5) is 0 Å². The third kappa shape index (κ3) is 2.69. The van der Waals surface area contributed by atoms with Gasteiger partial charge < -0.3 is 14.6 Å². The molecule has 0 bridgehead atoms. The number of aromatic nitrogens is 2. The minimum absolute atomic E-state index is 0.00388. The van der Waals surface area contributed by atoms with E-state index < -0.39 is 5.97 Å². The first-order valence-corrected chi connectivity index (χ1v) is 6.04. The molecule has 20 heavy (non-hydrogen) atoms. The highest BCUT2D eigenvalue weighted by Gasteiger charge is 2.19. The van der Waals surface area contributed by atoms with Crippen LogP contribution in [-0.2, 0) is 13.6 Å². The number of hydrogen-bond acceptors (Lipinski definition) is 3. The highest BCUT2D eigenvalue weighted by molar-refractivity contribution is 6.04. The lowest BCUT2D eigenvalue weighted by Crippen LogP contribution is -2.28. The van der Waals surface area contributed by atoms with Gasteiger partial charge in [0.05, 0.1) is 17.7 Å². The molecule has 2 aromatic rings. The van der Waals surface area contributed by atoms with E-state index in [1.807, 2.05) is 11.6 Å². The first-order chi connectivity index (χ1) is 9.50. The minimum Gasteiger partial charge on any atom is -0.478 e. The average Bonchev–Trinajstić information content (AvgIpc) is 2.83. The van der Waals surface area contributed by atoms with Crippen LogP contribution in [0.5, 0.6) is 0 Å². The highest BCUT2D eigenvalue weighted by atomic mass is 16.4. The number of amides is 1. The number of hydrogen-bond donors (Lipinski definition) is 1. The summed E-state index contributed by atoms with van der Waals surface area (Å²) in [4.78, 5) is 29.1. The molecule has 1 N–H and O–H groups in total. The summed E-state index contributed by atoms with van der Waals surface area (Å²) >= 11 is 0. The van der Waals surface area contributed by atoms with Crippen molar-refractivity contribution < 1.29 is 14.7 Å². The van der Waals surface area contributed by atoms with Gasteiger partial charge in [0, 0.05) is 26.5 Å². The van der Waals surface area contributed by atoms with Crippen LogP contribution in [0.15, 0.2) is 36.7 Å². The van der Waals surface area contributed by atoms with E-state index in [9.17, 15) is 9.59 Å². The second kappa shape index (κ2) is 5.56. The van der Waals surface area contributed by atoms with Crippen molar-refractivity contribution in [3.63, 3.8) is 0 Å². The number of carbonyl (C=O) groups is 2. The smallest absolute Gasteiger partial charge is 0.336 e. The molecule has 0 spiro atoms. The Morgan fingerprint density at radius 3 is 2.50 bits per heavy atom. The molecule has 0 unspecified atom stereocenters. The Balaban J connectivity index is 2.23. The number of aryl methyl sites for hydroxylation is 1. The Bertz CT molecular complexity index is 649. The molecule has 1 heterocycles. The monoisotopic (exact) mass is 273 g/mol. The van der Waals surface area contributed by atoms with Crippen LogP contribution in [0.3, 0.4) is 0 Å². The summed E-state index contributed by atoms with van der Waals surface area (Å²) in [6.45, 7) is 0.316. The van der Waals surface area contributed by atoms with E-state index >= 15 is 0 Å². The van der Waals surface area contributed by atoms with Gasteiger partial charge in [-0.2, -0.15) is 0 Å². The molecule has 6 nitrogen and oxygen atoms in total. The maximum atomic E-state index is 12.3. The topological polar surface area (TPSA) is 75.4 Å². The summed E-state index contributed by atoms with van der Waals surface area (Å²) in [5.74, 6) is -0.723. The van der Waals surface area contributed by atoms with E-state index in [1.54, 1.807) is 31.6 Å². The largest absolute Gasteiger partial charge is 0.478 e. The maximum Gasteiger partial charge on any atom is 0.336 e. The molecular formula is C14H15N3O3. The maximum absolute atomic E-state index is 12.3. The zero-order valence-electron chi connectivity index (χ0n) is 11.3. The van der Waals surface area contributed by atoms with Gasteiger partial charge in [0.1, 0.15) is 5.82 Å². The molecule has 0 aliphatic heterocycles. The Morgan fingerprint density at radius 1 is 1.30 bits per heavy atom. The van der Waals surface area contributed by atoms with Gasteiger partial charge in [-0.05, 0) is 12.1 Å². The summed E-state index contributed by atoms with van der Waals surface area (Å²) in [5, 5.41) is 9.11. The van der Waals surface area contributed by atoms with Crippen molar-refractivity contribution >= 4 is 11.9 Å². The molecular weight excluding hydrogens is 258 g/mol. The lowest BCUT2D eigenvalue weighted by atomic mass is 10.1. The summed E-state index contributed by atoms with van der Waals surface area (Å²) in [6.07, 6.45) is 3.44. The molecule has 0 aliphatic carbocycles. The molecule has 6 heteroatoms. The fourth-order valence-electron chi connectivity index (χ4n) is 1.89. The molecule has 2 rings (SSSR count). The van der Waals surface area contributed by atoms with Gasteiger partial charge in [0.2, 0.25) is 0 Å². The van der Waals surface area contributed by atoms with E-state index in [0.717, 1.165) is 5.82 Å². The second-order valence-corrected chi connectivity index (χ2v) is 4.47. The van der Waals surface area contributed by atoms with Gasteiger partial charge in [0.25, 0.3) is 5.91 Å². The molecule has 1 aromatic heterocycles. The van der Waals surface area contributed by atoms with E-state index in [1.165, 1.54) is 17.0 Å². The lowest BCUT2D eigenvalue weighted by molar-refractivity contribution is 0.0680. The molecule has 0 fully saturated rings. The second-order valence-electron chi connectivity index (χ2n) is 4.47. The number of nitrogens with zero attached hydrogens (tertiary/aromatic N) is 3. The zero-order chi connectivity index (χ0) is 14.7. The third-order valence-electron chi connectivity index (χ3n) is 3.03. The molecule has 0 aliphatic rings. The molecule has 0 saturated heterocycles. The average molecular weight is 273 g/mol. The van der Waals surface area contributed by atoms with Gasteiger partial charge in [-0.3, -0.25) is 4.79 Å². The van der Waals surface area contributed by atoms with Gasteiger partial charge in [0.15, 0.2) is 0 Å². The number of carbonyl (C=O) groups excluding carboxylic acids is 1. The van der Waals surface area contributed by atoms with Crippen molar-refractivity contribution in [3.05, 3.63) is 53.6 Å². The highest BCUT2D eigenvalue weighted by Crippen LogP contribution is 2.12. The van der Waals surface area contributed by atoms with Crippen LogP contribution in [0, 0.1) is 0 Å². The summed E-state index contributed by atoms with van der Waals surface area (Å²) in [6, 6.07) is 6.18. The minimum atomic E-state index is -1.11. The van der Waals surface area contributed by atoms with Crippen LogP contribution >= 0.6 is 0 Å². The van der Waals surface area contributed by atoms with Gasteiger partial charge in [-0.15, -0.1) is 0 Å². The molecule has 1 aromatic carbocycles. The number of carboxylic acid groups (broad SMARTS) is 1. The number of carboxylic acids is 1. The Kier molecular flexibility index (Phi) is 3.84. The standard InChI is InChI=1S/C14H15N3O3/c1-16-8-7-15-12(16)9-17(2)13(18)10-5-3-4-6-11(10)14(19)20/h3-8H,9H2,1-2H3,(H,19,20). The van der Waals surface area contributed by atoms with Crippen molar-refractivity contribution in [2.24, 2.45) is 7.05 Å². The molecule has 104 valence electrons. The van der Waals surface area contributed by atoms with Crippen molar-refractivity contribution in [1.82, 2.24) is 14.5 Å². The summed E-state index contributed by atoms with van der Waals surface area (Å²) < 4.78 is 1.81. The van der Waals surface area contributed by atoms with Crippen molar-refractivity contribution in [3.8, 4) is 0 Å².